The number of hydrogen-bond acceptors (Lipinski definition) is 8. The molecule has 0 radical (unpaired) electrons. The molecule has 0 spiro atoms. The van der Waals surface area contributed by atoms with Crippen molar-refractivity contribution in [1.29, 1.82) is 0 Å². The highest BCUT2D eigenvalue weighted by Crippen LogP contribution is 2.67. The maximum atomic E-state index is 15.1. The number of carbonyl (C=O) groups excluding carboxylic acids is 1. The summed E-state index contributed by atoms with van der Waals surface area (Å²) < 4.78 is 122. The van der Waals surface area contributed by atoms with Crippen LogP contribution in [-0.2, 0) is 40.7 Å². The monoisotopic (exact) mass is 546 g/mol. The fraction of sp³-hybridized carbons (Fsp3) is 0.350. The summed E-state index contributed by atoms with van der Waals surface area (Å²) in [5.41, 5.74) is -12.1. The van der Waals surface area contributed by atoms with E-state index in [1.54, 1.807) is 18.2 Å². The molecule has 2 aromatic carbocycles. The second-order valence-electron chi connectivity index (χ2n) is 6.63. The molecule has 0 bridgehead atoms. The van der Waals surface area contributed by atoms with E-state index < -0.39 is 71.6 Å². The van der Waals surface area contributed by atoms with Gasteiger partial charge in [-0.05, 0) is 37.6 Å². The highest BCUT2D eigenvalue weighted by molar-refractivity contribution is 7.88. The molecular formula is C20H20F5O8PS. The van der Waals surface area contributed by atoms with Crippen LogP contribution in [0.4, 0.5) is 22.0 Å². The third kappa shape index (κ3) is 6.57. The van der Waals surface area contributed by atoms with E-state index in [2.05, 4.69) is 13.2 Å². The zero-order valence-electron chi connectivity index (χ0n) is 18.3. The summed E-state index contributed by atoms with van der Waals surface area (Å²) in [5.74, 6) is -2.72. The second kappa shape index (κ2) is 11.0. The van der Waals surface area contributed by atoms with Gasteiger partial charge in [0.2, 0.25) is 0 Å². The van der Waals surface area contributed by atoms with Gasteiger partial charge in [0, 0.05) is 5.56 Å². The maximum Gasteiger partial charge on any atom is 0.534 e. The lowest BCUT2D eigenvalue weighted by molar-refractivity contribution is -0.0500. The summed E-state index contributed by atoms with van der Waals surface area (Å²) in [6.07, 6.45) is 0. The average molecular weight is 546 g/mol. The Labute approximate surface area is 197 Å². The molecule has 0 aromatic heterocycles. The SMILES string of the molecule is CCOP(=O)(OCC)C(F)(F)c1ccc(OS(=O)(=O)C(F)(F)F)c(C(=O)OCc2ccccc2)c1. The van der Waals surface area contributed by atoms with Crippen molar-refractivity contribution in [3.63, 3.8) is 0 Å². The Kier molecular flexibility index (Phi) is 9.04. The standard InChI is InChI=1S/C20H20F5O8PS/c1-3-31-34(27,32-4-2)19(21,22)15-10-11-17(33-35(28,29)20(23,24)25)16(12-15)18(26)30-13-14-8-6-5-7-9-14/h5-12H,3-4,13H2,1-2H3. The Morgan fingerprint density at radius 1 is 0.943 bits per heavy atom. The molecule has 8 nitrogen and oxygen atoms in total. The van der Waals surface area contributed by atoms with Crippen LogP contribution in [0.3, 0.4) is 0 Å². The molecule has 35 heavy (non-hydrogen) atoms. The van der Waals surface area contributed by atoms with Crippen molar-refractivity contribution in [2.24, 2.45) is 0 Å². The quantitative estimate of drug-likeness (QED) is 0.118. The molecule has 0 fully saturated rings. The van der Waals surface area contributed by atoms with E-state index in [0.717, 1.165) is 0 Å². The van der Waals surface area contributed by atoms with Crippen molar-refractivity contribution in [3.05, 3.63) is 65.2 Å². The largest absolute Gasteiger partial charge is 0.534 e. The van der Waals surface area contributed by atoms with E-state index in [9.17, 15) is 30.9 Å². The van der Waals surface area contributed by atoms with Crippen molar-refractivity contribution in [2.75, 3.05) is 13.2 Å². The summed E-state index contributed by atoms with van der Waals surface area (Å²) >= 11 is 0. The van der Waals surface area contributed by atoms with Gasteiger partial charge in [-0.15, -0.1) is 0 Å². The maximum absolute atomic E-state index is 15.1. The number of hydrogen-bond donors (Lipinski definition) is 0. The van der Waals surface area contributed by atoms with Gasteiger partial charge in [0.05, 0.1) is 13.2 Å². The lowest BCUT2D eigenvalue weighted by Crippen LogP contribution is -2.29. The molecule has 0 saturated carbocycles. The molecule has 194 valence electrons. The van der Waals surface area contributed by atoms with Gasteiger partial charge in [0.1, 0.15) is 12.2 Å². The first-order valence-electron chi connectivity index (χ1n) is 9.82. The first-order valence-corrected chi connectivity index (χ1v) is 12.8. The summed E-state index contributed by atoms with van der Waals surface area (Å²) in [6.45, 7) is 1.23. The lowest BCUT2D eigenvalue weighted by atomic mass is 10.1. The van der Waals surface area contributed by atoms with Crippen LogP contribution in [0.25, 0.3) is 0 Å². The van der Waals surface area contributed by atoms with E-state index in [0.29, 0.717) is 23.8 Å². The van der Waals surface area contributed by atoms with Crippen molar-refractivity contribution in [3.8, 4) is 5.75 Å². The Morgan fingerprint density at radius 3 is 2.03 bits per heavy atom. The topological polar surface area (TPSA) is 105 Å². The van der Waals surface area contributed by atoms with Gasteiger partial charge in [0.15, 0.2) is 5.75 Å². The second-order valence-corrected chi connectivity index (χ2v) is 10.2. The third-order valence-corrected chi connectivity index (χ3v) is 7.29. The van der Waals surface area contributed by atoms with E-state index in [-0.39, 0.29) is 0 Å². The number of esters is 1. The minimum atomic E-state index is -6.27. The van der Waals surface area contributed by atoms with Crippen molar-refractivity contribution in [2.45, 2.75) is 31.6 Å². The number of alkyl halides is 5. The smallest absolute Gasteiger partial charge is 0.457 e. The van der Waals surface area contributed by atoms with Gasteiger partial charge in [-0.1, -0.05) is 30.3 Å². The summed E-state index contributed by atoms with van der Waals surface area (Å²) in [4.78, 5) is 12.6. The molecule has 0 saturated heterocycles. The van der Waals surface area contributed by atoms with Crippen LogP contribution < -0.4 is 4.18 Å². The number of halogens is 5. The van der Waals surface area contributed by atoms with Gasteiger partial charge in [-0.25, -0.2) is 4.79 Å². The van der Waals surface area contributed by atoms with Gasteiger partial charge in [-0.3, -0.25) is 4.57 Å². The molecular weight excluding hydrogens is 526 g/mol. The van der Waals surface area contributed by atoms with Crippen LogP contribution in [0.1, 0.15) is 35.3 Å². The molecule has 15 heteroatoms. The molecule has 0 unspecified atom stereocenters. The predicted octanol–water partition coefficient (Wildman–Crippen LogP) is 5.59. The van der Waals surface area contributed by atoms with Crippen molar-refractivity contribution >= 4 is 23.7 Å². The van der Waals surface area contributed by atoms with Crippen LogP contribution in [0.15, 0.2) is 48.5 Å². The van der Waals surface area contributed by atoms with Crippen molar-refractivity contribution < 1.29 is 57.7 Å². The normalized spacial score (nSPS) is 12.9. The number of carbonyl (C=O) groups is 1. The Balaban J connectivity index is 2.56. The molecule has 0 amide bonds. The number of benzene rings is 2. The highest BCUT2D eigenvalue weighted by atomic mass is 32.2. The van der Waals surface area contributed by atoms with E-state index >= 15 is 8.78 Å². The van der Waals surface area contributed by atoms with E-state index in [1.807, 2.05) is 0 Å². The Hall–Kier alpha value is -2.54. The number of ether oxygens (including phenoxy) is 1. The van der Waals surface area contributed by atoms with Crippen LogP contribution in [0, 0.1) is 0 Å². The first kappa shape index (κ1) is 28.7. The minimum Gasteiger partial charge on any atom is -0.457 e. The fourth-order valence-corrected chi connectivity index (χ4v) is 4.62. The van der Waals surface area contributed by atoms with Gasteiger partial charge < -0.3 is 18.0 Å². The van der Waals surface area contributed by atoms with Crippen LogP contribution in [-0.4, -0.2) is 33.1 Å². The average Bonchev–Trinajstić information content (AvgIpc) is 2.77. The van der Waals surface area contributed by atoms with Gasteiger partial charge in [-0.2, -0.15) is 30.4 Å². The van der Waals surface area contributed by atoms with Crippen molar-refractivity contribution in [1.82, 2.24) is 0 Å². The Morgan fingerprint density at radius 2 is 1.51 bits per heavy atom. The minimum absolute atomic E-state index is 0.305. The Bertz CT molecular complexity index is 1180. The third-order valence-electron chi connectivity index (χ3n) is 4.18. The first-order chi connectivity index (χ1) is 16.2. The fourth-order valence-electron chi connectivity index (χ4n) is 2.61. The molecule has 2 aromatic rings. The molecule has 0 N–H and O–H groups in total. The van der Waals surface area contributed by atoms with Crippen LogP contribution in [0.2, 0.25) is 0 Å². The molecule has 2 rings (SSSR count). The summed E-state index contributed by atoms with van der Waals surface area (Å²) in [5, 5.41) is 0. The zero-order valence-corrected chi connectivity index (χ0v) is 20.0. The number of rotatable bonds is 11. The van der Waals surface area contributed by atoms with Gasteiger partial charge >= 0.3 is 34.9 Å². The lowest BCUT2D eigenvalue weighted by Gasteiger charge is -2.26. The molecule has 0 aliphatic rings. The molecule has 0 heterocycles. The zero-order chi connectivity index (χ0) is 26.5. The summed E-state index contributed by atoms with van der Waals surface area (Å²) in [7, 11) is -11.4. The van der Waals surface area contributed by atoms with Crippen LogP contribution >= 0.6 is 7.60 Å². The summed E-state index contributed by atoms with van der Waals surface area (Å²) in [6, 6.07) is 9.02. The molecule has 0 aliphatic carbocycles. The van der Waals surface area contributed by atoms with E-state index in [1.165, 1.54) is 26.0 Å². The van der Waals surface area contributed by atoms with Crippen LogP contribution in [0.5, 0.6) is 5.75 Å². The predicted molar refractivity (Wildman–Crippen MR) is 112 cm³/mol. The molecule has 0 aliphatic heterocycles. The molecule has 0 atom stereocenters. The van der Waals surface area contributed by atoms with Gasteiger partial charge in [0.25, 0.3) is 0 Å². The highest BCUT2D eigenvalue weighted by Gasteiger charge is 2.55. The van der Waals surface area contributed by atoms with E-state index in [4.69, 9.17) is 4.74 Å².